The zero-order valence-electron chi connectivity index (χ0n) is 18.4. The van der Waals surface area contributed by atoms with Crippen LogP contribution in [0.15, 0.2) is 66.0 Å². The molecule has 9 heteroatoms. The van der Waals surface area contributed by atoms with E-state index in [4.69, 9.17) is 4.74 Å². The molecule has 1 N–H and O–H groups in total. The summed E-state index contributed by atoms with van der Waals surface area (Å²) in [6.45, 7) is 3.75. The van der Waals surface area contributed by atoms with Gasteiger partial charge in [-0.1, -0.05) is 36.0 Å². The molecular weight excluding hydrogens is 441 g/mol. The molecule has 2 heterocycles. The van der Waals surface area contributed by atoms with Crippen molar-refractivity contribution in [1.82, 2.24) is 15.3 Å². The fraction of sp³-hybridized carbons (Fsp3) is 0.292. The van der Waals surface area contributed by atoms with Crippen molar-refractivity contribution in [3.8, 4) is 5.75 Å². The van der Waals surface area contributed by atoms with Crippen LogP contribution in [0.25, 0.3) is 0 Å². The number of nitrogens with one attached hydrogen (secondary N) is 1. The number of hydrogen-bond acceptors (Lipinski definition) is 7. The van der Waals surface area contributed by atoms with Crippen LogP contribution in [0, 0.1) is 5.82 Å². The van der Waals surface area contributed by atoms with E-state index in [1.165, 1.54) is 23.9 Å². The van der Waals surface area contributed by atoms with Gasteiger partial charge in [0.2, 0.25) is 5.91 Å². The molecule has 0 bridgehead atoms. The van der Waals surface area contributed by atoms with E-state index in [0.29, 0.717) is 6.54 Å². The van der Waals surface area contributed by atoms with Gasteiger partial charge in [-0.05, 0) is 29.8 Å². The number of ether oxygens (including phenoxy) is 1. The fourth-order valence-electron chi connectivity index (χ4n) is 3.64. The number of halogens is 1. The molecule has 3 aromatic rings. The number of carbonyl (C=O) groups is 1. The van der Waals surface area contributed by atoms with Crippen LogP contribution in [0.1, 0.15) is 5.56 Å². The number of amides is 1. The molecule has 0 saturated carbocycles. The van der Waals surface area contributed by atoms with Crippen molar-refractivity contribution < 1.29 is 13.9 Å². The summed E-state index contributed by atoms with van der Waals surface area (Å²) in [5.74, 6) is 1.60. The maximum absolute atomic E-state index is 13.0. The minimum atomic E-state index is -0.290. The number of para-hydroxylation sites is 2. The van der Waals surface area contributed by atoms with Gasteiger partial charge < -0.3 is 19.9 Å². The molecule has 1 aliphatic rings. The molecule has 7 nitrogen and oxygen atoms in total. The Hall–Kier alpha value is -3.33. The number of nitrogens with zero attached hydrogens (tertiary/aromatic N) is 4. The summed E-state index contributed by atoms with van der Waals surface area (Å²) in [4.78, 5) is 25.5. The Balaban J connectivity index is 1.27. The first kappa shape index (κ1) is 22.8. The summed E-state index contributed by atoms with van der Waals surface area (Å²) >= 11 is 1.37. The molecule has 2 aromatic carbocycles. The van der Waals surface area contributed by atoms with Gasteiger partial charge in [0.05, 0.1) is 18.6 Å². The Morgan fingerprint density at radius 3 is 2.55 bits per heavy atom. The zero-order chi connectivity index (χ0) is 23.0. The van der Waals surface area contributed by atoms with Crippen LogP contribution >= 0.6 is 11.8 Å². The second-order valence-corrected chi connectivity index (χ2v) is 8.55. The molecule has 33 heavy (non-hydrogen) atoms. The van der Waals surface area contributed by atoms with Crippen LogP contribution in [0.2, 0.25) is 0 Å². The average molecular weight is 468 g/mol. The average Bonchev–Trinajstić information content (AvgIpc) is 2.87. The normalized spacial score (nSPS) is 13.6. The van der Waals surface area contributed by atoms with Gasteiger partial charge in [0.15, 0.2) is 0 Å². The number of carbonyl (C=O) groups excluding carboxylic acids is 1. The predicted molar refractivity (Wildman–Crippen MR) is 128 cm³/mol. The summed E-state index contributed by atoms with van der Waals surface area (Å²) in [5.41, 5.74) is 1.96. The van der Waals surface area contributed by atoms with Gasteiger partial charge in [-0.3, -0.25) is 4.79 Å². The van der Waals surface area contributed by atoms with Gasteiger partial charge in [0.1, 0.15) is 28.7 Å². The third-order valence-corrected chi connectivity index (χ3v) is 6.34. The van der Waals surface area contributed by atoms with E-state index in [0.717, 1.165) is 54.0 Å². The lowest BCUT2D eigenvalue weighted by Crippen LogP contribution is -2.47. The quantitative estimate of drug-likeness (QED) is 0.402. The van der Waals surface area contributed by atoms with E-state index < -0.39 is 0 Å². The van der Waals surface area contributed by atoms with Crippen molar-refractivity contribution in [2.24, 2.45) is 0 Å². The van der Waals surface area contributed by atoms with E-state index in [1.807, 2.05) is 24.3 Å². The molecular formula is C24H26FN5O2S. The van der Waals surface area contributed by atoms with Crippen molar-refractivity contribution >= 4 is 29.2 Å². The standard InChI is InChI=1S/C24H26FN5O2S/c1-32-21-5-3-2-4-20(21)29-10-12-30(13-11-29)22-14-24(28-17-27-22)33-16-23(31)26-15-18-6-8-19(25)9-7-18/h2-9,14,17H,10-13,15-16H2,1H3,(H,26,31). The van der Waals surface area contributed by atoms with E-state index in [9.17, 15) is 9.18 Å². The fourth-order valence-corrected chi connectivity index (χ4v) is 4.33. The monoisotopic (exact) mass is 467 g/mol. The lowest BCUT2D eigenvalue weighted by molar-refractivity contribution is -0.118. The highest BCUT2D eigenvalue weighted by molar-refractivity contribution is 7.99. The third-order valence-electron chi connectivity index (χ3n) is 5.41. The van der Waals surface area contributed by atoms with Crippen LogP contribution in [-0.4, -0.2) is 54.9 Å². The first-order chi connectivity index (χ1) is 16.1. The molecule has 1 amide bonds. The van der Waals surface area contributed by atoms with Crippen LogP contribution in [0.3, 0.4) is 0 Å². The van der Waals surface area contributed by atoms with E-state index in [-0.39, 0.29) is 17.5 Å². The van der Waals surface area contributed by atoms with Crippen molar-refractivity contribution in [2.75, 3.05) is 48.8 Å². The SMILES string of the molecule is COc1ccccc1N1CCN(c2cc(SCC(=O)NCc3ccc(F)cc3)ncn2)CC1. The van der Waals surface area contributed by atoms with Crippen molar-refractivity contribution in [3.05, 3.63) is 72.3 Å². The Bertz CT molecular complexity index is 1070. The van der Waals surface area contributed by atoms with Crippen molar-refractivity contribution in [3.63, 3.8) is 0 Å². The molecule has 172 valence electrons. The smallest absolute Gasteiger partial charge is 0.230 e. The molecule has 0 unspecified atom stereocenters. The molecule has 1 aromatic heterocycles. The van der Waals surface area contributed by atoms with Crippen LogP contribution in [-0.2, 0) is 11.3 Å². The number of piperazine rings is 1. The van der Waals surface area contributed by atoms with Crippen molar-refractivity contribution in [2.45, 2.75) is 11.6 Å². The van der Waals surface area contributed by atoms with Gasteiger partial charge in [0, 0.05) is 38.8 Å². The zero-order valence-corrected chi connectivity index (χ0v) is 19.2. The largest absolute Gasteiger partial charge is 0.495 e. The highest BCUT2D eigenvalue weighted by atomic mass is 32.2. The second-order valence-electron chi connectivity index (χ2n) is 7.55. The van der Waals surface area contributed by atoms with Crippen molar-refractivity contribution in [1.29, 1.82) is 0 Å². The molecule has 1 fully saturated rings. The number of benzene rings is 2. The minimum Gasteiger partial charge on any atom is -0.495 e. The second kappa shape index (κ2) is 11.0. The predicted octanol–water partition coefficient (Wildman–Crippen LogP) is 3.36. The maximum Gasteiger partial charge on any atom is 0.230 e. The molecule has 0 spiro atoms. The number of hydrogen-bond donors (Lipinski definition) is 1. The number of aromatic nitrogens is 2. The van der Waals surface area contributed by atoms with Gasteiger partial charge in [-0.15, -0.1) is 0 Å². The molecule has 1 aliphatic heterocycles. The highest BCUT2D eigenvalue weighted by Crippen LogP contribution is 2.29. The molecule has 0 aliphatic carbocycles. The summed E-state index contributed by atoms with van der Waals surface area (Å²) in [6.07, 6.45) is 1.54. The van der Waals surface area contributed by atoms with Gasteiger partial charge in [0.25, 0.3) is 0 Å². The number of anilines is 2. The maximum atomic E-state index is 13.0. The van der Waals surface area contributed by atoms with Crippen LogP contribution < -0.4 is 19.9 Å². The number of methoxy groups -OCH3 is 1. The Morgan fingerprint density at radius 1 is 1.06 bits per heavy atom. The van der Waals surface area contributed by atoms with E-state index in [1.54, 1.807) is 25.6 Å². The first-order valence-electron chi connectivity index (χ1n) is 10.7. The van der Waals surface area contributed by atoms with Gasteiger partial charge in [-0.25, -0.2) is 14.4 Å². The lowest BCUT2D eigenvalue weighted by atomic mass is 10.2. The van der Waals surface area contributed by atoms with Crippen LogP contribution in [0.4, 0.5) is 15.9 Å². The molecule has 0 atom stereocenters. The third kappa shape index (κ3) is 6.13. The minimum absolute atomic E-state index is 0.102. The Morgan fingerprint density at radius 2 is 1.79 bits per heavy atom. The van der Waals surface area contributed by atoms with Crippen LogP contribution in [0.5, 0.6) is 5.75 Å². The molecule has 0 radical (unpaired) electrons. The Labute approximate surface area is 197 Å². The molecule has 1 saturated heterocycles. The number of rotatable bonds is 8. The Kier molecular flexibility index (Phi) is 7.62. The first-order valence-corrected chi connectivity index (χ1v) is 11.7. The topological polar surface area (TPSA) is 70.6 Å². The number of thioether (sulfide) groups is 1. The van der Waals surface area contributed by atoms with E-state index >= 15 is 0 Å². The van der Waals surface area contributed by atoms with Gasteiger partial charge in [-0.2, -0.15) is 0 Å². The summed E-state index contributed by atoms with van der Waals surface area (Å²) in [5, 5.41) is 3.60. The summed E-state index contributed by atoms with van der Waals surface area (Å²) in [6, 6.07) is 16.1. The highest BCUT2D eigenvalue weighted by Gasteiger charge is 2.21. The van der Waals surface area contributed by atoms with Gasteiger partial charge >= 0.3 is 0 Å². The molecule has 4 rings (SSSR count). The summed E-state index contributed by atoms with van der Waals surface area (Å²) < 4.78 is 18.5. The lowest BCUT2D eigenvalue weighted by Gasteiger charge is -2.37. The van der Waals surface area contributed by atoms with E-state index in [2.05, 4.69) is 31.2 Å². The summed E-state index contributed by atoms with van der Waals surface area (Å²) in [7, 11) is 1.69.